The van der Waals surface area contributed by atoms with Gasteiger partial charge >= 0.3 is 0 Å². The molecule has 0 atom stereocenters. The highest BCUT2D eigenvalue weighted by molar-refractivity contribution is 7.07. The summed E-state index contributed by atoms with van der Waals surface area (Å²) in [6.45, 7) is 1.80. The van der Waals surface area contributed by atoms with E-state index >= 15 is 0 Å². The molecule has 0 saturated carbocycles. The molecule has 15 heavy (non-hydrogen) atoms. The van der Waals surface area contributed by atoms with Crippen LogP contribution in [0.5, 0.6) is 10.9 Å². The van der Waals surface area contributed by atoms with E-state index in [4.69, 9.17) is 22.1 Å². The van der Waals surface area contributed by atoms with Gasteiger partial charge < -0.3 is 10.5 Å². The molecule has 0 aliphatic rings. The lowest BCUT2D eigenvalue weighted by atomic mass is 10.3. The first-order chi connectivity index (χ1) is 7.15. The van der Waals surface area contributed by atoms with E-state index in [1.807, 2.05) is 0 Å². The van der Waals surface area contributed by atoms with Crippen LogP contribution in [-0.4, -0.2) is 9.36 Å². The van der Waals surface area contributed by atoms with Crippen LogP contribution in [0.25, 0.3) is 0 Å². The third-order valence-corrected chi connectivity index (χ3v) is 2.60. The standard InChI is InChI=1S/C9H8ClN3OS/c1-5-12-9(15-13-5)14-8-4-6(10)2-3-7(8)11/h2-4H,11H2,1H3. The van der Waals surface area contributed by atoms with Crippen molar-refractivity contribution >= 4 is 28.8 Å². The minimum atomic E-state index is 0.460. The lowest BCUT2D eigenvalue weighted by molar-refractivity contribution is 0.480. The van der Waals surface area contributed by atoms with Crippen LogP contribution >= 0.6 is 23.1 Å². The molecule has 6 heteroatoms. The molecule has 1 aromatic carbocycles. The Hall–Kier alpha value is -1.33. The van der Waals surface area contributed by atoms with E-state index in [9.17, 15) is 0 Å². The lowest BCUT2D eigenvalue weighted by Crippen LogP contribution is -1.91. The third kappa shape index (κ3) is 2.37. The summed E-state index contributed by atoms with van der Waals surface area (Å²) in [7, 11) is 0. The van der Waals surface area contributed by atoms with E-state index < -0.39 is 0 Å². The van der Waals surface area contributed by atoms with Crippen molar-refractivity contribution in [2.24, 2.45) is 0 Å². The highest BCUT2D eigenvalue weighted by Gasteiger charge is 2.06. The molecule has 0 aliphatic heterocycles. The van der Waals surface area contributed by atoms with Gasteiger partial charge in [-0.1, -0.05) is 11.6 Å². The molecule has 1 heterocycles. The Morgan fingerprint density at radius 2 is 2.27 bits per heavy atom. The van der Waals surface area contributed by atoms with Crippen LogP contribution in [0.2, 0.25) is 5.02 Å². The Morgan fingerprint density at radius 3 is 2.93 bits per heavy atom. The summed E-state index contributed by atoms with van der Waals surface area (Å²) in [6, 6.07) is 5.04. The van der Waals surface area contributed by atoms with Crippen molar-refractivity contribution in [3.63, 3.8) is 0 Å². The predicted molar refractivity (Wildman–Crippen MR) is 60.6 cm³/mol. The van der Waals surface area contributed by atoms with Gasteiger partial charge in [-0.05, 0) is 19.1 Å². The van der Waals surface area contributed by atoms with Gasteiger partial charge in [0.25, 0.3) is 5.19 Å². The molecule has 0 saturated heterocycles. The number of benzene rings is 1. The molecule has 0 aliphatic carbocycles. The molecule has 2 N–H and O–H groups in total. The molecule has 0 spiro atoms. The lowest BCUT2D eigenvalue weighted by Gasteiger charge is -2.04. The molecule has 2 aromatic rings. The highest BCUT2D eigenvalue weighted by Crippen LogP contribution is 2.30. The summed E-state index contributed by atoms with van der Waals surface area (Å²) in [5, 5.41) is 1.03. The number of aromatic nitrogens is 2. The second-order valence-corrected chi connectivity index (χ2v) is 4.04. The van der Waals surface area contributed by atoms with Crippen LogP contribution in [0.4, 0.5) is 5.69 Å². The molecule has 78 valence electrons. The first-order valence-electron chi connectivity index (χ1n) is 4.18. The summed E-state index contributed by atoms with van der Waals surface area (Å²) in [6.07, 6.45) is 0. The first kappa shape index (κ1) is 10.2. The van der Waals surface area contributed by atoms with E-state index in [-0.39, 0.29) is 0 Å². The van der Waals surface area contributed by atoms with Crippen molar-refractivity contribution in [2.45, 2.75) is 6.92 Å². The summed E-state index contributed by atoms with van der Waals surface area (Å²) in [4.78, 5) is 4.06. The topological polar surface area (TPSA) is 61.0 Å². The summed E-state index contributed by atoms with van der Waals surface area (Å²) in [5.74, 6) is 1.18. The zero-order valence-electron chi connectivity index (χ0n) is 7.90. The average molecular weight is 242 g/mol. The molecule has 0 amide bonds. The zero-order chi connectivity index (χ0) is 10.8. The van der Waals surface area contributed by atoms with Crippen molar-refractivity contribution in [3.8, 4) is 10.9 Å². The van der Waals surface area contributed by atoms with Crippen molar-refractivity contribution in [1.29, 1.82) is 0 Å². The van der Waals surface area contributed by atoms with Gasteiger partial charge in [-0.2, -0.15) is 9.36 Å². The van der Waals surface area contributed by atoms with E-state index in [1.165, 1.54) is 11.5 Å². The third-order valence-electron chi connectivity index (χ3n) is 1.68. The Kier molecular flexibility index (Phi) is 2.75. The molecule has 0 unspecified atom stereocenters. The zero-order valence-corrected chi connectivity index (χ0v) is 9.47. The Balaban J connectivity index is 2.27. The van der Waals surface area contributed by atoms with Crippen LogP contribution < -0.4 is 10.5 Å². The van der Waals surface area contributed by atoms with Crippen LogP contribution in [0.15, 0.2) is 18.2 Å². The fraction of sp³-hybridized carbons (Fsp3) is 0.111. The molecular formula is C9H8ClN3OS. The normalized spacial score (nSPS) is 10.3. The van der Waals surface area contributed by atoms with Gasteiger partial charge in [0.15, 0.2) is 5.75 Å². The van der Waals surface area contributed by atoms with Gasteiger partial charge in [0.05, 0.1) is 5.69 Å². The van der Waals surface area contributed by atoms with Crippen molar-refractivity contribution in [2.75, 3.05) is 5.73 Å². The molecule has 0 fully saturated rings. The smallest absolute Gasteiger partial charge is 0.298 e. The van der Waals surface area contributed by atoms with Crippen LogP contribution in [0.3, 0.4) is 0 Å². The molecule has 0 bridgehead atoms. The fourth-order valence-corrected chi connectivity index (χ4v) is 1.72. The number of nitrogens with two attached hydrogens (primary N) is 1. The minimum Gasteiger partial charge on any atom is -0.428 e. The molecular weight excluding hydrogens is 234 g/mol. The Morgan fingerprint density at radius 1 is 1.47 bits per heavy atom. The van der Waals surface area contributed by atoms with Gasteiger partial charge in [-0.3, -0.25) is 0 Å². The van der Waals surface area contributed by atoms with Crippen LogP contribution in [0.1, 0.15) is 5.82 Å². The number of nitrogen functional groups attached to an aromatic ring is 1. The van der Waals surface area contributed by atoms with E-state index in [0.717, 1.165) is 0 Å². The van der Waals surface area contributed by atoms with Gasteiger partial charge in [-0.25, -0.2) is 0 Å². The quantitative estimate of drug-likeness (QED) is 0.822. The number of halogens is 1. The van der Waals surface area contributed by atoms with E-state index in [2.05, 4.69) is 9.36 Å². The molecule has 2 rings (SSSR count). The fourth-order valence-electron chi connectivity index (χ4n) is 1.01. The van der Waals surface area contributed by atoms with Gasteiger partial charge in [0, 0.05) is 22.6 Å². The summed E-state index contributed by atoms with van der Waals surface area (Å²) < 4.78 is 9.44. The average Bonchev–Trinajstić information content (AvgIpc) is 2.58. The second kappa shape index (κ2) is 4.04. The first-order valence-corrected chi connectivity index (χ1v) is 5.33. The number of nitrogens with zero attached hydrogens (tertiary/aromatic N) is 2. The molecule has 1 aromatic heterocycles. The number of ether oxygens (including phenoxy) is 1. The second-order valence-electron chi connectivity index (χ2n) is 2.89. The highest BCUT2D eigenvalue weighted by atomic mass is 35.5. The molecule has 0 radical (unpaired) electrons. The SMILES string of the molecule is Cc1nsc(Oc2cc(Cl)ccc2N)n1. The minimum absolute atomic E-state index is 0.460. The van der Waals surface area contributed by atoms with Gasteiger partial charge in [0.1, 0.15) is 5.82 Å². The number of aryl methyl sites for hydroxylation is 1. The number of hydrogen-bond acceptors (Lipinski definition) is 5. The molecule has 4 nitrogen and oxygen atoms in total. The van der Waals surface area contributed by atoms with E-state index in [1.54, 1.807) is 25.1 Å². The van der Waals surface area contributed by atoms with Gasteiger partial charge in [-0.15, -0.1) is 0 Å². The van der Waals surface area contributed by atoms with Crippen LogP contribution in [0, 0.1) is 6.92 Å². The maximum Gasteiger partial charge on any atom is 0.298 e. The van der Waals surface area contributed by atoms with E-state index in [0.29, 0.717) is 27.5 Å². The largest absolute Gasteiger partial charge is 0.428 e. The van der Waals surface area contributed by atoms with Crippen molar-refractivity contribution < 1.29 is 4.74 Å². The van der Waals surface area contributed by atoms with Crippen molar-refractivity contribution in [3.05, 3.63) is 29.0 Å². The van der Waals surface area contributed by atoms with Gasteiger partial charge in [0.2, 0.25) is 0 Å². The Labute approximate surface area is 95.8 Å². The summed E-state index contributed by atoms with van der Waals surface area (Å²) in [5.41, 5.74) is 6.24. The number of hydrogen-bond donors (Lipinski definition) is 1. The Bertz CT molecular complexity index is 486. The summed E-state index contributed by atoms with van der Waals surface area (Å²) >= 11 is 7.00. The monoisotopic (exact) mass is 241 g/mol. The number of rotatable bonds is 2. The maximum absolute atomic E-state index is 5.82. The predicted octanol–water partition coefficient (Wildman–Crippen LogP) is 2.87. The van der Waals surface area contributed by atoms with Crippen LogP contribution in [-0.2, 0) is 0 Å². The van der Waals surface area contributed by atoms with Crippen molar-refractivity contribution in [1.82, 2.24) is 9.36 Å². The number of anilines is 1. The maximum atomic E-state index is 5.82.